The molecule has 0 aromatic carbocycles. The summed E-state index contributed by atoms with van der Waals surface area (Å²) >= 11 is 0. The van der Waals surface area contributed by atoms with Crippen LogP contribution in [0.3, 0.4) is 0 Å². The van der Waals surface area contributed by atoms with Gasteiger partial charge in [0.1, 0.15) is 5.76 Å². The number of aryl methyl sites for hydroxylation is 1. The zero-order chi connectivity index (χ0) is 17.6. The van der Waals surface area contributed by atoms with Gasteiger partial charge >= 0.3 is 0 Å². The molecule has 0 spiro atoms. The van der Waals surface area contributed by atoms with Crippen molar-refractivity contribution in [1.29, 1.82) is 0 Å². The third kappa shape index (κ3) is 4.79. The van der Waals surface area contributed by atoms with Gasteiger partial charge < -0.3 is 19.5 Å². The summed E-state index contributed by atoms with van der Waals surface area (Å²) in [5.41, 5.74) is 0.917. The number of anilines is 1. The number of hydrogen-bond donors (Lipinski definition) is 1. The van der Waals surface area contributed by atoms with Crippen molar-refractivity contribution in [1.82, 2.24) is 20.4 Å². The Hall–Kier alpha value is -2.41. The molecule has 0 unspecified atom stereocenters. The largest absolute Gasteiger partial charge is 0.467 e. The Bertz CT molecular complexity index is 671. The van der Waals surface area contributed by atoms with Crippen molar-refractivity contribution in [2.45, 2.75) is 32.4 Å². The lowest BCUT2D eigenvalue weighted by molar-refractivity contribution is -0.129. The number of rotatable bonds is 6. The van der Waals surface area contributed by atoms with Crippen LogP contribution in [0.2, 0.25) is 0 Å². The summed E-state index contributed by atoms with van der Waals surface area (Å²) < 4.78 is 5.29. The lowest BCUT2D eigenvalue weighted by Gasteiger charge is -2.34. The number of carbonyl (C=O) groups is 1. The lowest BCUT2D eigenvalue weighted by Crippen LogP contribution is -2.48. The molecule has 0 aliphatic carbocycles. The van der Waals surface area contributed by atoms with Crippen molar-refractivity contribution in [2.24, 2.45) is 0 Å². The summed E-state index contributed by atoms with van der Waals surface area (Å²) in [6.07, 6.45) is 3.76. The fourth-order valence-corrected chi connectivity index (χ4v) is 3.00. The molecule has 3 rings (SSSR count). The Balaban J connectivity index is 1.47. The first-order valence-electron chi connectivity index (χ1n) is 8.67. The summed E-state index contributed by atoms with van der Waals surface area (Å²) in [5.74, 6) is 1.75. The first kappa shape index (κ1) is 17.4. The third-order valence-corrected chi connectivity index (χ3v) is 4.47. The average molecular weight is 343 g/mol. The fraction of sp³-hybridized carbons (Fsp3) is 0.500. The fourth-order valence-electron chi connectivity index (χ4n) is 3.00. The highest BCUT2D eigenvalue weighted by Crippen LogP contribution is 2.17. The van der Waals surface area contributed by atoms with Crippen LogP contribution in [0.5, 0.6) is 0 Å². The summed E-state index contributed by atoms with van der Waals surface area (Å²) in [7, 11) is 1.79. The molecule has 7 heteroatoms. The van der Waals surface area contributed by atoms with Crippen molar-refractivity contribution >= 4 is 11.7 Å². The number of hydrogen-bond acceptors (Lipinski definition) is 6. The van der Waals surface area contributed by atoms with Crippen LogP contribution in [0.25, 0.3) is 0 Å². The smallest absolute Gasteiger partial charge is 0.236 e. The zero-order valence-corrected chi connectivity index (χ0v) is 14.8. The predicted octanol–water partition coefficient (Wildman–Crippen LogP) is 1.60. The molecule has 25 heavy (non-hydrogen) atoms. The summed E-state index contributed by atoms with van der Waals surface area (Å²) in [6, 6.07) is 7.97. The quantitative estimate of drug-likeness (QED) is 0.859. The molecule has 0 bridgehead atoms. The number of nitrogens with zero attached hydrogens (tertiary/aromatic N) is 4. The highest BCUT2D eigenvalue weighted by Gasteiger charge is 2.22. The van der Waals surface area contributed by atoms with Crippen LogP contribution < -0.4 is 10.2 Å². The van der Waals surface area contributed by atoms with Gasteiger partial charge in [-0.2, -0.15) is 5.10 Å². The van der Waals surface area contributed by atoms with Gasteiger partial charge in [-0.3, -0.25) is 4.79 Å². The standard InChI is InChI=1S/C18H25N5O2/c1-14-7-8-17(21-20-14)23-9-3-5-15(12-23)19-11-18(24)22(2)13-16-6-4-10-25-16/h4,6-8,10,15,19H,3,5,9,11-13H2,1-2H3/t15-/m1/s1. The molecule has 1 atom stereocenters. The maximum atomic E-state index is 12.3. The minimum absolute atomic E-state index is 0.0589. The molecule has 134 valence electrons. The third-order valence-electron chi connectivity index (χ3n) is 4.47. The summed E-state index contributed by atoms with van der Waals surface area (Å²) in [6.45, 7) is 4.57. The van der Waals surface area contributed by atoms with Crippen molar-refractivity contribution in [3.8, 4) is 0 Å². The Kier molecular flexibility index (Phi) is 5.65. The van der Waals surface area contributed by atoms with Gasteiger partial charge in [0, 0.05) is 26.2 Å². The molecule has 1 aliphatic rings. The molecule has 0 saturated carbocycles. The second-order valence-electron chi connectivity index (χ2n) is 6.53. The molecule has 2 aromatic heterocycles. The number of carbonyl (C=O) groups excluding carboxylic acids is 1. The maximum absolute atomic E-state index is 12.3. The molecule has 1 amide bonds. The Labute approximate surface area is 148 Å². The van der Waals surface area contributed by atoms with E-state index in [1.54, 1.807) is 18.2 Å². The molecule has 7 nitrogen and oxygen atoms in total. The lowest BCUT2D eigenvalue weighted by atomic mass is 10.1. The van der Waals surface area contributed by atoms with E-state index in [1.807, 2.05) is 31.2 Å². The van der Waals surface area contributed by atoms with Crippen molar-refractivity contribution in [2.75, 3.05) is 31.6 Å². The number of amides is 1. The van der Waals surface area contributed by atoms with E-state index in [-0.39, 0.29) is 11.9 Å². The van der Waals surface area contributed by atoms with E-state index < -0.39 is 0 Å². The van der Waals surface area contributed by atoms with Gasteiger partial charge in [-0.15, -0.1) is 5.10 Å². The zero-order valence-electron chi connectivity index (χ0n) is 14.8. The van der Waals surface area contributed by atoms with Crippen LogP contribution in [0.15, 0.2) is 34.9 Å². The average Bonchev–Trinajstić information content (AvgIpc) is 3.13. The van der Waals surface area contributed by atoms with Crippen LogP contribution in [0, 0.1) is 6.92 Å². The Morgan fingerprint density at radius 3 is 3.00 bits per heavy atom. The summed E-state index contributed by atoms with van der Waals surface area (Å²) in [4.78, 5) is 16.2. The summed E-state index contributed by atoms with van der Waals surface area (Å²) in [5, 5.41) is 11.8. The van der Waals surface area contributed by atoms with E-state index in [0.29, 0.717) is 13.1 Å². The van der Waals surface area contributed by atoms with Crippen molar-refractivity contribution in [3.63, 3.8) is 0 Å². The monoisotopic (exact) mass is 343 g/mol. The van der Waals surface area contributed by atoms with Crippen LogP contribution in [-0.4, -0.2) is 53.7 Å². The van der Waals surface area contributed by atoms with Gasteiger partial charge in [0.2, 0.25) is 5.91 Å². The van der Waals surface area contributed by atoms with E-state index in [2.05, 4.69) is 20.4 Å². The number of aromatic nitrogens is 2. The molecular weight excluding hydrogens is 318 g/mol. The van der Waals surface area contributed by atoms with E-state index in [9.17, 15) is 4.79 Å². The number of piperidine rings is 1. The minimum atomic E-state index is 0.0589. The second kappa shape index (κ2) is 8.11. The molecule has 1 saturated heterocycles. The number of likely N-dealkylation sites (N-methyl/N-ethyl adjacent to an activating group) is 1. The van der Waals surface area contributed by atoms with Gasteiger partial charge in [-0.05, 0) is 44.0 Å². The van der Waals surface area contributed by atoms with Crippen molar-refractivity contribution in [3.05, 3.63) is 42.0 Å². The van der Waals surface area contributed by atoms with Gasteiger partial charge in [0.05, 0.1) is 25.0 Å². The number of nitrogens with one attached hydrogen (secondary N) is 1. The molecular formula is C18H25N5O2. The van der Waals surface area contributed by atoms with Gasteiger partial charge in [-0.1, -0.05) is 0 Å². The van der Waals surface area contributed by atoms with Crippen LogP contribution in [0.1, 0.15) is 24.3 Å². The van der Waals surface area contributed by atoms with Crippen molar-refractivity contribution < 1.29 is 9.21 Å². The topological polar surface area (TPSA) is 74.5 Å². The van der Waals surface area contributed by atoms with E-state index in [1.165, 1.54) is 0 Å². The maximum Gasteiger partial charge on any atom is 0.236 e. The Morgan fingerprint density at radius 1 is 1.40 bits per heavy atom. The predicted molar refractivity (Wildman–Crippen MR) is 95.2 cm³/mol. The first-order valence-corrected chi connectivity index (χ1v) is 8.67. The SMILES string of the molecule is Cc1ccc(N2CCC[C@@H](NCC(=O)N(C)Cc3ccco3)C2)nn1. The van der Waals surface area contributed by atoms with Gasteiger partial charge in [-0.25, -0.2) is 0 Å². The van der Waals surface area contributed by atoms with E-state index in [4.69, 9.17) is 4.42 Å². The van der Waals surface area contributed by atoms with Crippen LogP contribution in [-0.2, 0) is 11.3 Å². The molecule has 2 aromatic rings. The van der Waals surface area contributed by atoms with E-state index in [0.717, 1.165) is 43.2 Å². The van der Waals surface area contributed by atoms with Gasteiger partial charge in [0.25, 0.3) is 0 Å². The number of furan rings is 1. The van der Waals surface area contributed by atoms with Crippen LogP contribution in [0.4, 0.5) is 5.82 Å². The van der Waals surface area contributed by atoms with Crippen LogP contribution >= 0.6 is 0 Å². The molecule has 1 aliphatic heterocycles. The highest BCUT2D eigenvalue weighted by atomic mass is 16.3. The van der Waals surface area contributed by atoms with E-state index >= 15 is 0 Å². The highest BCUT2D eigenvalue weighted by molar-refractivity contribution is 5.77. The Morgan fingerprint density at radius 2 is 2.28 bits per heavy atom. The minimum Gasteiger partial charge on any atom is -0.467 e. The second-order valence-corrected chi connectivity index (χ2v) is 6.53. The molecule has 0 radical (unpaired) electrons. The normalized spacial score (nSPS) is 17.5. The first-order chi connectivity index (χ1) is 12.1. The molecule has 3 heterocycles. The molecule has 1 fully saturated rings. The molecule has 1 N–H and O–H groups in total. The van der Waals surface area contributed by atoms with Gasteiger partial charge in [0.15, 0.2) is 5.82 Å².